The third-order valence-corrected chi connectivity index (χ3v) is 5.82. The summed E-state index contributed by atoms with van der Waals surface area (Å²) in [5.74, 6) is 0.231. The van der Waals surface area contributed by atoms with E-state index < -0.39 is 0 Å². The predicted molar refractivity (Wildman–Crippen MR) is 102 cm³/mol. The van der Waals surface area contributed by atoms with Crippen LogP contribution in [0.3, 0.4) is 0 Å². The minimum Gasteiger partial charge on any atom is -0.353 e. The van der Waals surface area contributed by atoms with Crippen molar-refractivity contribution in [3.8, 4) is 0 Å². The molecule has 0 atom stereocenters. The Labute approximate surface area is 150 Å². The highest BCUT2D eigenvalue weighted by molar-refractivity contribution is 5.88. The summed E-state index contributed by atoms with van der Waals surface area (Å²) in [6.07, 6.45) is 3.10. The zero-order chi connectivity index (χ0) is 17.8. The number of carbonyl (C=O) groups excluding carboxylic acids is 1. The number of likely N-dealkylation sites (N-methyl/N-ethyl adjacent to an activating group) is 1. The van der Waals surface area contributed by atoms with Crippen LogP contribution in [0, 0.1) is 12.3 Å². The molecule has 0 radical (unpaired) electrons. The number of aryl methyl sites for hydroxylation is 1. The Kier molecular flexibility index (Phi) is 3.91. The summed E-state index contributed by atoms with van der Waals surface area (Å²) >= 11 is 0. The lowest BCUT2D eigenvalue weighted by atomic mass is 10.0. The van der Waals surface area contributed by atoms with E-state index in [-0.39, 0.29) is 17.4 Å². The average Bonchev–Trinajstić information content (AvgIpc) is 3.27. The first-order valence-electron chi connectivity index (χ1n) is 9.50. The lowest BCUT2D eigenvalue weighted by molar-refractivity contribution is -0.127. The molecule has 0 bridgehead atoms. The van der Waals surface area contributed by atoms with Crippen LogP contribution in [0.15, 0.2) is 18.2 Å². The van der Waals surface area contributed by atoms with Gasteiger partial charge >= 0.3 is 0 Å². The standard InChI is InChI=1S/C21H29N3O/c1-14(2)22-20(25)21(8-9-21)13-24-18-6-5-15(3)11-17(18)16-7-10-23(4)12-19(16)24/h5-6,11,14H,7-10,12-13H2,1-4H3,(H,22,25). The molecule has 25 heavy (non-hydrogen) atoms. The fourth-order valence-electron chi connectivity index (χ4n) is 4.19. The fourth-order valence-corrected chi connectivity index (χ4v) is 4.19. The normalized spacial score (nSPS) is 19.2. The van der Waals surface area contributed by atoms with Crippen LogP contribution in [0.2, 0.25) is 0 Å². The highest BCUT2D eigenvalue weighted by Gasteiger charge is 2.50. The lowest BCUT2D eigenvalue weighted by Crippen LogP contribution is -2.39. The molecule has 134 valence electrons. The van der Waals surface area contributed by atoms with E-state index in [9.17, 15) is 4.79 Å². The highest BCUT2D eigenvalue weighted by Crippen LogP contribution is 2.49. The Hall–Kier alpha value is -1.81. The van der Waals surface area contributed by atoms with Crippen molar-refractivity contribution in [2.45, 2.75) is 59.2 Å². The van der Waals surface area contributed by atoms with Crippen molar-refractivity contribution in [3.05, 3.63) is 35.0 Å². The van der Waals surface area contributed by atoms with Gasteiger partial charge in [0, 0.05) is 42.3 Å². The fraction of sp³-hybridized carbons (Fsp3) is 0.571. The summed E-state index contributed by atoms with van der Waals surface area (Å²) in [4.78, 5) is 15.1. The summed E-state index contributed by atoms with van der Waals surface area (Å²) in [6, 6.07) is 6.97. The molecule has 4 heteroatoms. The number of nitrogens with one attached hydrogen (secondary N) is 1. The van der Waals surface area contributed by atoms with Crippen LogP contribution < -0.4 is 5.32 Å². The van der Waals surface area contributed by atoms with Crippen LogP contribution in [0.5, 0.6) is 0 Å². The zero-order valence-electron chi connectivity index (χ0n) is 15.9. The van der Waals surface area contributed by atoms with Crippen LogP contribution in [-0.4, -0.2) is 35.0 Å². The molecule has 4 nitrogen and oxygen atoms in total. The van der Waals surface area contributed by atoms with Crippen molar-refractivity contribution in [1.29, 1.82) is 0 Å². The van der Waals surface area contributed by atoms with Gasteiger partial charge in [-0.15, -0.1) is 0 Å². The second-order valence-corrected chi connectivity index (χ2v) is 8.43. The molecule has 1 saturated carbocycles. The first kappa shape index (κ1) is 16.6. The number of benzene rings is 1. The Balaban J connectivity index is 1.77. The summed E-state index contributed by atoms with van der Waals surface area (Å²) in [5.41, 5.74) is 5.32. The third-order valence-electron chi connectivity index (χ3n) is 5.82. The van der Waals surface area contributed by atoms with Crippen molar-refractivity contribution in [3.63, 3.8) is 0 Å². The molecule has 0 unspecified atom stereocenters. The molecule has 1 N–H and O–H groups in total. The largest absolute Gasteiger partial charge is 0.353 e. The van der Waals surface area contributed by atoms with Crippen LogP contribution in [-0.2, 0) is 24.3 Å². The molecular formula is C21H29N3O. The Bertz CT molecular complexity index is 829. The van der Waals surface area contributed by atoms with Crippen molar-refractivity contribution in [1.82, 2.24) is 14.8 Å². The molecule has 1 aliphatic heterocycles. The molecular weight excluding hydrogens is 310 g/mol. The van der Waals surface area contributed by atoms with Crippen molar-refractivity contribution in [2.75, 3.05) is 13.6 Å². The number of hydrogen-bond acceptors (Lipinski definition) is 2. The van der Waals surface area contributed by atoms with E-state index in [1.807, 2.05) is 13.8 Å². The van der Waals surface area contributed by atoms with E-state index >= 15 is 0 Å². The molecule has 1 aliphatic carbocycles. The van der Waals surface area contributed by atoms with Crippen LogP contribution in [0.25, 0.3) is 10.9 Å². The van der Waals surface area contributed by atoms with Gasteiger partial charge in [0.1, 0.15) is 0 Å². The molecule has 1 amide bonds. The van der Waals surface area contributed by atoms with Gasteiger partial charge in [-0.05, 0) is 64.8 Å². The van der Waals surface area contributed by atoms with Crippen LogP contribution in [0.4, 0.5) is 0 Å². The molecule has 1 aromatic carbocycles. The van der Waals surface area contributed by atoms with Gasteiger partial charge in [0.25, 0.3) is 0 Å². The van der Waals surface area contributed by atoms with Crippen LogP contribution >= 0.6 is 0 Å². The summed E-state index contributed by atoms with van der Waals surface area (Å²) in [7, 11) is 2.19. The zero-order valence-corrected chi connectivity index (χ0v) is 15.9. The van der Waals surface area contributed by atoms with Gasteiger partial charge in [0.15, 0.2) is 0 Å². The van der Waals surface area contributed by atoms with Gasteiger partial charge in [-0.1, -0.05) is 11.6 Å². The van der Waals surface area contributed by atoms with Gasteiger partial charge in [-0.3, -0.25) is 4.79 Å². The number of aromatic nitrogens is 1. The predicted octanol–water partition coefficient (Wildman–Crippen LogP) is 3.24. The van der Waals surface area contributed by atoms with Crippen molar-refractivity contribution >= 4 is 16.8 Å². The molecule has 2 aliphatic rings. The maximum Gasteiger partial charge on any atom is 0.228 e. The number of amides is 1. The molecule has 4 rings (SSSR count). The number of carbonyl (C=O) groups is 1. The Morgan fingerprint density at radius 1 is 1.32 bits per heavy atom. The molecule has 2 aromatic rings. The van der Waals surface area contributed by atoms with Crippen LogP contribution in [0.1, 0.15) is 43.5 Å². The number of nitrogens with zero attached hydrogens (tertiary/aromatic N) is 2. The van der Waals surface area contributed by atoms with Gasteiger partial charge in [0.2, 0.25) is 5.91 Å². The summed E-state index contributed by atoms with van der Waals surface area (Å²) < 4.78 is 2.45. The van der Waals surface area contributed by atoms with E-state index in [1.54, 1.807) is 0 Å². The first-order valence-corrected chi connectivity index (χ1v) is 9.50. The smallest absolute Gasteiger partial charge is 0.228 e. The lowest BCUT2D eigenvalue weighted by Gasteiger charge is -2.26. The van der Waals surface area contributed by atoms with E-state index in [4.69, 9.17) is 0 Å². The van der Waals surface area contributed by atoms with E-state index in [2.05, 4.69) is 47.0 Å². The topological polar surface area (TPSA) is 37.3 Å². The highest BCUT2D eigenvalue weighted by atomic mass is 16.2. The number of hydrogen-bond donors (Lipinski definition) is 1. The Morgan fingerprint density at radius 2 is 2.08 bits per heavy atom. The summed E-state index contributed by atoms with van der Waals surface area (Å²) in [6.45, 7) is 9.14. The Morgan fingerprint density at radius 3 is 2.76 bits per heavy atom. The minimum absolute atomic E-state index is 0.203. The summed E-state index contributed by atoms with van der Waals surface area (Å²) in [5, 5.41) is 4.53. The van der Waals surface area contributed by atoms with Crippen molar-refractivity contribution in [2.24, 2.45) is 5.41 Å². The molecule has 2 heterocycles. The van der Waals surface area contributed by atoms with Gasteiger partial charge < -0.3 is 14.8 Å². The second-order valence-electron chi connectivity index (χ2n) is 8.43. The van der Waals surface area contributed by atoms with Gasteiger partial charge in [-0.2, -0.15) is 0 Å². The molecule has 0 spiro atoms. The molecule has 0 saturated heterocycles. The monoisotopic (exact) mass is 339 g/mol. The van der Waals surface area contributed by atoms with E-state index in [0.717, 1.165) is 38.9 Å². The number of rotatable bonds is 4. The SMILES string of the molecule is Cc1ccc2c(c1)c1c(n2CC2(C(=O)NC(C)C)CC2)CN(C)CC1. The first-order chi connectivity index (χ1) is 11.9. The second kappa shape index (κ2) is 5.87. The molecule has 1 aromatic heterocycles. The quantitative estimate of drug-likeness (QED) is 0.928. The van der Waals surface area contributed by atoms with E-state index in [0.29, 0.717) is 0 Å². The maximum absolute atomic E-state index is 12.8. The average molecular weight is 339 g/mol. The van der Waals surface area contributed by atoms with E-state index in [1.165, 1.54) is 27.7 Å². The third kappa shape index (κ3) is 2.86. The van der Waals surface area contributed by atoms with Gasteiger partial charge in [-0.25, -0.2) is 0 Å². The van der Waals surface area contributed by atoms with Crippen molar-refractivity contribution < 1.29 is 4.79 Å². The minimum atomic E-state index is -0.203. The molecule has 1 fully saturated rings. The maximum atomic E-state index is 12.8. The number of fused-ring (bicyclic) bond motifs is 3. The van der Waals surface area contributed by atoms with Gasteiger partial charge in [0.05, 0.1) is 5.41 Å².